The molecule has 0 saturated carbocycles. The van der Waals surface area contributed by atoms with Crippen LogP contribution in [-0.2, 0) is 10.2 Å². The maximum atomic E-state index is 12.5. The van der Waals surface area contributed by atoms with Crippen molar-refractivity contribution in [2.75, 3.05) is 11.3 Å². The van der Waals surface area contributed by atoms with Gasteiger partial charge in [-0.3, -0.25) is 4.72 Å². The topological polar surface area (TPSA) is 75.4 Å². The van der Waals surface area contributed by atoms with Crippen LogP contribution in [0.2, 0.25) is 5.02 Å². The van der Waals surface area contributed by atoms with Crippen LogP contribution in [0, 0.1) is 0 Å². The van der Waals surface area contributed by atoms with Crippen LogP contribution < -0.4 is 10.5 Å². The molecule has 21 heavy (non-hydrogen) atoms. The van der Waals surface area contributed by atoms with Crippen LogP contribution in [0.5, 0.6) is 0 Å². The van der Waals surface area contributed by atoms with E-state index in [4.69, 9.17) is 29.6 Å². The van der Waals surface area contributed by atoms with Crippen molar-refractivity contribution < 1.29 is 8.42 Å². The molecule has 0 aliphatic carbocycles. The second-order valence-corrected chi connectivity index (χ2v) is 7.62. The number of anilines is 1. The van der Waals surface area contributed by atoms with Gasteiger partial charge in [0.05, 0.1) is 5.69 Å². The van der Waals surface area contributed by atoms with Gasteiger partial charge in [-0.15, -0.1) is 0 Å². The summed E-state index contributed by atoms with van der Waals surface area (Å²) in [6.45, 7) is 2.42. The first-order valence-electron chi connectivity index (χ1n) is 6.70. The molecule has 2 rings (SSSR count). The molecule has 1 aromatic carbocycles. The fourth-order valence-electron chi connectivity index (χ4n) is 2.44. The first-order chi connectivity index (χ1) is 9.81. The van der Waals surface area contributed by atoms with Gasteiger partial charge in [0.25, 0.3) is 0 Å². The van der Waals surface area contributed by atoms with Crippen molar-refractivity contribution in [1.82, 2.24) is 4.31 Å². The maximum Gasteiger partial charge on any atom is 0.301 e. The van der Waals surface area contributed by atoms with Crippen molar-refractivity contribution in [2.24, 2.45) is 5.73 Å². The molecule has 116 valence electrons. The Morgan fingerprint density at radius 2 is 2.19 bits per heavy atom. The smallest absolute Gasteiger partial charge is 0.301 e. The highest BCUT2D eigenvalue weighted by atomic mass is 35.5. The van der Waals surface area contributed by atoms with Crippen LogP contribution in [0.1, 0.15) is 31.7 Å². The highest BCUT2D eigenvalue weighted by Crippen LogP contribution is 2.25. The lowest BCUT2D eigenvalue weighted by Gasteiger charge is -2.32. The first-order valence-corrected chi connectivity index (χ1v) is 8.93. The van der Waals surface area contributed by atoms with Gasteiger partial charge in [0.2, 0.25) is 0 Å². The van der Waals surface area contributed by atoms with Gasteiger partial charge in [0.15, 0.2) is 0 Å². The lowest BCUT2D eigenvalue weighted by molar-refractivity contribution is 0.270. The fraction of sp³-hybridized carbons (Fsp3) is 0.462. The fourth-order valence-corrected chi connectivity index (χ4v) is 4.31. The normalized spacial score (nSPS) is 20.2. The van der Waals surface area contributed by atoms with Gasteiger partial charge < -0.3 is 5.73 Å². The number of halogens is 1. The molecular formula is C13H18ClN3O2S2. The number of hydrogen-bond donors (Lipinski definition) is 2. The van der Waals surface area contributed by atoms with Gasteiger partial charge in [-0.25, -0.2) is 0 Å². The Labute approximate surface area is 135 Å². The molecule has 8 heteroatoms. The van der Waals surface area contributed by atoms with E-state index in [-0.39, 0.29) is 11.0 Å². The van der Waals surface area contributed by atoms with E-state index in [1.165, 1.54) is 10.4 Å². The Bertz CT molecular complexity index is 649. The predicted octanol–water partition coefficient (Wildman–Crippen LogP) is 2.51. The summed E-state index contributed by atoms with van der Waals surface area (Å²) in [6.07, 6.45) is 2.77. The molecule has 0 amide bonds. The number of piperidine rings is 1. The van der Waals surface area contributed by atoms with Gasteiger partial charge in [-0.1, -0.05) is 30.2 Å². The molecule has 1 aromatic rings. The minimum absolute atomic E-state index is 0.0243. The number of rotatable bonds is 4. The second-order valence-electron chi connectivity index (χ2n) is 5.12. The quantitative estimate of drug-likeness (QED) is 0.820. The summed E-state index contributed by atoms with van der Waals surface area (Å²) in [6, 6.07) is 4.73. The van der Waals surface area contributed by atoms with Crippen LogP contribution in [0.4, 0.5) is 5.69 Å². The van der Waals surface area contributed by atoms with E-state index < -0.39 is 10.2 Å². The van der Waals surface area contributed by atoms with E-state index in [9.17, 15) is 8.42 Å². The number of nitrogens with one attached hydrogen (secondary N) is 1. The van der Waals surface area contributed by atoms with Gasteiger partial charge in [-0.05, 0) is 38.0 Å². The molecule has 0 radical (unpaired) electrons. The summed E-state index contributed by atoms with van der Waals surface area (Å²) >= 11 is 10.9. The van der Waals surface area contributed by atoms with Crippen molar-refractivity contribution in [3.63, 3.8) is 0 Å². The third-order valence-corrected chi connectivity index (χ3v) is 5.63. The van der Waals surface area contributed by atoms with E-state index >= 15 is 0 Å². The van der Waals surface area contributed by atoms with Crippen molar-refractivity contribution in [2.45, 2.75) is 32.2 Å². The molecular weight excluding hydrogens is 330 g/mol. The number of benzene rings is 1. The van der Waals surface area contributed by atoms with E-state index in [0.717, 1.165) is 19.3 Å². The SMILES string of the molecule is CC1CCCCN1S(=O)(=O)Nc1cc(Cl)ccc1C(N)=S. The van der Waals surface area contributed by atoms with Gasteiger partial charge >= 0.3 is 10.2 Å². The largest absolute Gasteiger partial charge is 0.389 e. The minimum Gasteiger partial charge on any atom is -0.389 e. The summed E-state index contributed by atoms with van der Waals surface area (Å²) in [5.41, 5.74) is 6.40. The lowest BCUT2D eigenvalue weighted by atomic mass is 10.1. The molecule has 1 saturated heterocycles. The van der Waals surface area contributed by atoms with E-state index in [0.29, 0.717) is 22.8 Å². The summed E-state index contributed by atoms with van der Waals surface area (Å²) in [5, 5.41) is 0.416. The third-order valence-electron chi connectivity index (χ3n) is 3.54. The summed E-state index contributed by atoms with van der Waals surface area (Å²) < 4.78 is 29.1. The standard InChI is InChI=1S/C13H18ClN3O2S2/c1-9-4-2-3-7-17(9)21(18,19)16-12-8-10(14)5-6-11(12)13(15)20/h5-6,8-9,16H,2-4,7H2,1H3,(H2,15,20). The lowest BCUT2D eigenvalue weighted by Crippen LogP contribution is -2.45. The van der Waals surface area contributed by atoms with Crippen LogP contribution in [-0.4, -0.2) is 30.3 Å². The van der Waals surface area contributed by atoms with Gasteiger partial charge in [-0.2, -0.15) is 12.7 Å². The Morgan fingerprint density at radius 1 is 1.48 bits per heavy atom. The Hall–Kier alpha value is -0.890. The molecule has 5 nitrogen and oxygen atoms in total. The van der Waals surface area contributed by atoms with E-state index in [1.54, 1.807) is 12.1 Å². The number of nitrogens with two attached hydrogens (primary N) is 1. The average Bonchev–Trinajstić information content (AvgIpc) is 2.38. The average molecular weight is 348 g/mol. The second kappa shape index (κ2) is 6.48. The Kier molecular flexibility index (Phi) is 5.08. The van der Waals surface area contributed by atoms with E-state index in [1.807, 2.05) is 6.92 Å². The molecule has 1 fully saturated rings. The zero-order valence-corrected chi connectivity index (χ0v) is 14.1. The number of nitrogens with zero attached hydrogens (tertiary/aromatic N) is 1. The van der Waals surface area contributed by atoms with Gasteiger partial charge in [0.1, 0.15) is 4.99 Å². The summed E-state index contributed by atoms with van der Waals surface area (Å²) in [4.78, 5) is 0.121. The van der Waals surface area contributed by atoms with Crippen molar-refractivity contribution in [1.29, 1.82) is 0 Å². The van der Waals surface area contributed by atoms with E-state index in [2.05, 4.69) is 4.72 Å². The highest BCUT2D eigenvalue weighted by molar-refractivity contribution is 7.90. The maximum absolute atomic E-state index is 12.5. The zero-order valence-electron chi connectivity index (χ0n) is 11.7. The molecule has 0 spiro atoms. The number of hydrogen-bond acceptors (Lipinski definition) is 3. The van der Waals surface area contributed by atoms with Gasteiger partial charge in [0, 0.05) is 23.2 Å². The Balaban J connectivity index is 2.32. The molecule has 0 aromatic heterocycles. The van der Waals surface area contributed by atoms with Crippen LogP contribution in [0.3, 0.4) is 0 Å². The molecule has 0 bridgehead atoms. The summed E-state index contributed by atoms with van der Waals surface area (Å²) in [5.74, 6) is 0. The third kappa shape index (κ3) is 3.85. The molecule has 1 aliphatic rings. The minimum atomic E-state index is -3.65. The van der Waals surface area contributed by atoms with Crippen LogP contribution in [0.25, 0.3) is 0 Å². The van der Waals surface area contributed by atoms with Crippen molar-refractivity contribution >= 4 is 44.7 Å². The first kappa shape index (κ1) is 16.5. The predicted molar refractivity (Wildman–Crippen MR) is 89.9 cm³/mol. The molecule has 1 aliphatic heterocycles. The zero-order chi connectivity index (χ0) is 15.6. The summed E-state index contributed by atoms with van der Waals surface area (Å²) in [7, 11) is -3.65. The monoisotopic (exact) mass is 347 g/mol. The molecule has 1 atom stereocenters. The van der Waals surface area contributed by atoms with Crippen LogP contribution >= 0.6 is 23.8 Å². The van der Waals surface area contributed by atoms with Crippen molar-refractivity contribution in [3.05, 3.63) is 28.8 Å². The highest BCUT2D eigenvalue weighted by Gasteiger charge is 2.30. The number of thiocarbonyl (C=S) groups is 1. The molecule has 1 heterocycles. The molecule has 1 unspecified atom stereocenters. The van der Waals surface area contributed by atoms with Crippen LogP contribution in [0.15, 0.2) is 18.2 Å². The van der Waals surface area contributed by atoms with Crippen molar-refractivity contribution in [3.8, 4) is 0 Å². The molecule has 3 N–H and O–H groups in total. The Morgan fingerprint density at radius 3 is 2.81 bits per heavy atom.